The molecule has 0 saturated carbocycles. The van der Waals surface area contributed by atoms with E-state index in [1.54, 1.807) is 0 Å². The van der Waals surface area contributed by atoms with Gasteiger partial charge in [0, 0.05) is 29.4 Å². The second kappa shape index (κ2) is 9.54. The second-order valence-electron chi connectivity index (χ2n) is 7.53. The fourth-order valence-corrected chi connectivity index (χ4v) is 3.97. The highest BCUT2D eigenvalue weighted by Gasteiger charge is 2.24. The number of hydrogen-bond acceptors (Lipinski definition) is 2. The number of fused-ring (bicyclic) bond motifs is 1. The molecule has 0 bridgehead atoms. The van der Waals surface area contributed by atoms with E-state index in [4.69, 9.17) is 0 Å². The molecule has 1 aliphatic rings. The Labute approximate surface area is 167 Å². The van der Waals surface area contributed by atoms with Gasteiger partial charge in [0.2, 0.25) is 5.91 Å². The number of benzene rings is 2. The smallest absolute Gasteiger partial charge is 0.258 e. The van der Waals surface area contributed by atoms with E-state index in [1.165, 1.54) is 0 Å². The predicted molar refractivity (Wildman–Crippen MR) is 115 cm³/mol. The lowest BCUT2D eigenvalue weighted by Crippen LogP contribution is -2.35. The minimum atomic E-state index is 0.0318. The van der Waals surface area contributed by atoms with Gasteiger partial charge in [-0.25, -0.2) is 0 Å². The van der Waals surface area contributed by atoms with Crippen molar-refractivity contribution in [1.29, 1.82) is 0 Å². The Kier molecular flexibility index (Phi) is 6.85. The molecule has 0 spiro atoms. The SMILES string of the molecule is CCCC(CCC)C(=O)Nc1ccc2c(c1)CCCN2C(=O)c1ccccc1. The highest BCUT2D eigenvalue weighted by atomic mass is 16.2. The van der Waals surface area contributed by atoms with Crippen molar-refractivity contribution >= 4 is 23.2 Å². The average Bonchev–Trinajstić information content (AvgIpc) is 2.73. The molecule has 0 aliphatic carbocycles. The molecule has 0 atom stereocenters. The van der Waals surface area contributed by atoms with Crippen molar-refractivity contribution in [2.45, 2.75) is 52.4 Å². The molecule has 28 heavy (non-hydrogen) atoms. The van der Waals surface area contributed by atoms with Crippen LogP contribution in [0.4, 0.5) is 11.4 Å². The van der Waals surface area contributed by atoms with E-state index in [0.29, 0.717) is 5.56 Å². The van der Waals surface area contributed by atoms with Crippen molar-refractivity contribution < 1.29 is 9.59 Å². The molecule has 0 radical (unpaired) electrons. The number of nitrogens with zero attached hydrogens (tertiary/aromatic N) is 1. The molecule has 0 aromatic heterocycles. The second-order valence-corrected chi connectivity index (χ2v) is 7.53. The van der Waals surface area contributed by atoms with Crippen molar-refractivity contribution in [3.63, 3.8) is 0 Å². The van der Waals surface area contributed by atoms with Crippen molar-refractivity contribution in [1.82, 2.24) is 0 Å². The van der Waals surface area contributed by atoms with Crippen LogP contribution in [0.15, 0.2) is 48.5 Å². The molecule has 1 heterocycles. The number of rotatable bonds is 7. The van der Waals surface area contributed by atoms with Gasteiger partial charge in [0.25, 0.3) is 5.91 Å². The Balaban J connectivity index is 1.77. The maximum absolute atomic E-state index is 12.9. The van der Waals surface area contributed by atoms with E-state index >= 15 is 0 Å². The molecule has 0 unspecified atom stereocenters. The van der Waals surface area contributed by atoms with Crippen LogP contribution in [-0.2, 0) is 11.2 Å². The maximum Gasteiger partial charge on any atom is 0.258 e. The molecule has 4 heteroatoms. The van der Waals surface area contributed by atoms with Crippen LogP contribution in [0.2, 0.25) is 0 Å². The standard InChI is InChI=1S/C24H30N2O2/c1-3-9-18(10-4-2)23(27)25-21-14-15-22-20(17-21)13-8-16-26(22)24(28)19-11-6-5-7-12-19/h5-7,11-12,14-15,17-18H,3-4,8-10,13,16H2,1-2H3,(H,25,27). The Morgan fingerprint density at radius 3 is 2.43 bits per heavy atom. The molecule has 2 amide bonds. The monoisotopic (exact) mass is 378 g/mol. The summed E-state index contributed by atoms with van der Waals surface area (Å²) in [6.45, 7) is 4.96. The maximum atomic E-state index is 12.9. The molecule has 2 aromatic rings. The summed E-state index contributed by atoms with van der Waals surface area (Å²) in [6, 6.07) is 15.3. The van der Waals surface area contributed by atoms with Crippen molar-refractivity contribution in [3.05, 3.63) is 59.7 Å². The first-order valence-corrected chi connectivity index (χ1v) is 10.4. The number of carbonyl (C=O) groups is 2. The van der Waals surface area contributed by atoms with Crippen LogP contribution in [0, 0.1) is 5.92 Å². The van der Waals surface area contributed by atoms with Gasteiger partial charge >= 0.3 is 0 Å². The van der Waals surface area contributed by atoms with Gasteiger partial charge in [-0.05, 0) is 61.6 Å². The van der Waals surface area contributed by atoms with Gasteiger partial charge in [0.15, 0.2) is 0 Å². The molecule has 1 aliphatic heterocycles. The summed E-state index contributed by atoms with van der Waals surface area (Å²) in [4.78, 5) is 27.4. The van der Waals surface area contributed by atoms with E-state index in [0.717, 1.165) is 62.0 Å². The quantitative estimate of drug-likeness (QED) is 0.698. The first-order valence-electron chi connectivity index (χ1n) is 10.4. The number of carbonyl (C=O) groups excluding carboxylic acids is 2. The summed E-state index contributed by atoms with van der Waals surface area (Å²) < 4.78 is 0. The lowest BCUT2D eigenvalue weighted by molar-refractivity contribution is -0.120. The number of aryl methyl sites for hydroxylation is 1. The highest BCUT2D eigenvalue weighted by Crippen LogP contribution is 2.31. The van der Waals surface area contributed by atoms with Gasteiger partial charge in [0.1, 0.15) is 0 Å². The Bertz CT molecular complexity index is 811. The van der Waals surface area contributed by atoms with Gasteiger partial charge < -0.3 is 10.2 Å². The zero-order chi connectivity index (χ0) is 19.9. The Hall–Kier alpha value is -2.62. The van der Waals surface area contributed by atoms with Gasteiger partial charge in [-0.2, -0.15) is 0 Å². The largest absolute Gasteiger partial charge is 0.326 e. The molecule has 1 N–H and O–H groups in total. The minimum Gasteiger partial charge on any atom is -0.326 e. The molecule has 0 fully saturated rings. The van der Waals surface area contributed by atoms with Gasteiger partial charge in [-0.1, -0.05) is 44.9 Å². The summed E-state index contributed by atoms with van der Waals surface area (Å²) in [7, 11) is 0. The fraction of sp³-hybridized carbons (Fsp3) is 0.417. The lowest BCUT2D eigenvalue weighted by Gasteiger charge is -2.30. The molecule has 3 rings (SSSR count). The van der Waals surface area contributed by atoms with Gasteiger partial charge in [-0.3, -0.25) is 9.59 Å². The first kappa shape index (κ1) is 20.1. The Morgan fingerprint density at radius 1 is 1.04 bits per heavy atom. The normalized spacial score (nSPS) is 13.3. The highest BCUT2D eigenvalue weighted by molar-refractivity contribution is 6.07. The molecule has 148 valence electrons. The van der Waals surface area contributed by atoms with Crippen LogP contribution in [0.25, 0.3) is 0 Å². The molecular formula is C24H30N2O2. The minimum absolute atomic E-state index is 0.0318. The van der Waals surface area contributed by atoms with Crippen molar-refractivity contribution in [2.75, 3.05) is 16.8 Å². The van der Waals surface area contributed by atoms with E-state index in [2.05, 4.69) is 19.2 Å². The number of hydrogen-bond donors (Lipinski definition) is 1. The van der Waals surface area contributed by atoms with Crippen LogP contribution in [-0.4, -0.2) is 18.4 Å². The summed E-state index contributed by atoms with van der Waals surface area (Å²) >= 11 is 0. The van der Waals surface area contributed by atoms with Crippen LogP contribution >= 0.6 is 0 Å². The van der Waals surface area contributed by atoms with Crippen LogP contribution in [0.5, 0.6) is 0 Å². The van der Waals surface area contributed by atoms with E-state index in [9.17, 15) is 9.59 Å². The van der Waals surface area contributed by atoms with Crippen LogP contribution in [0.3, 0.4) is 0 Å². The third-order valence-corrected chi connectivity index (χ3v) is 5.38. The third-order valence-electron chi connectivity index (χ3n) is 5.38. The predicted octanol–water partition coefficient (Wildman–Crippen LogP) is 5.43. The first-order chi connectivity index (χ1) is 13.6. The summed E-state index contributed by atoms with van der Waals surface area (Å²) in [5.74, 6) is 0.211. The zero-order valence-electron chi connectivity index (χ0n) is 16.9. The zero-order valence-corrected chi connectivity index (χ0v) is 16.9. The van der Waals surface area contributed by atoms with E-state index in [-0.39, 0.29) is 17.7 Å². The Morgan fingerprint density at radius 2 is 1.75 bits per heavy atom. The summed E-state index contributed by atoms with van der Waals surface area (Å²) in [5.41, 5.74) is 3.61. The molecule has 0 saturated heterocycles. The van der Waals surface area contributed by atoms with Crippen molar-refractivity contribution in [3.8, 4) is 0 Å². The van der Waals surface area contributed by atoms with Crippen LogP contribution in [0.1, 0.15) is 61.9 Å². The lowest BCUT2D eigenvalue weighted by atomic mass is 9.96. The summed E-state index contributed by atoms with van der Waals surface area (Å²) in [5, 5.41) is 3.10. The number of nitrogens with one attached hydrogen (secondary N) is 1. The number of amides is 2. The fourth-order valence-electron chi connectivity index (χ4n) is 3.97. The van der Waals surface area contributed by atoms with Gasteiger partial charge in [-0.15, -0.1) is 0 Å². The van der Waals surface area contributed by atoms with E-state index < -0.39 is 0 Å². The van der Waals surface area contributed by atoms with Crippen LogP contribution < -0.4 is 10.2 Å². The molecule has 2 aromatic carbocycles. The topological polar surface area (TPSA) is 49.4 Å². The summed E-state index contributed by atoms with van der Waals surface area (Å²) in [6.07, 6.45) is 5.72. The number of anilines is 2. The van der Waals surface area contributed by atoms with Crippen molar-refractivity contribution in [2.24, 2.45) is 5.92 Å². The van der Waals surface area contributed by atoms with Gasteiger partial charge in [0.05, 0.1) is 0 Å². The molecular weight excluding hydrogens is 348 g/mol. The molecule has 4 nitrogen and oxygen atoms in total. The average molecular weight is 379 g/mol. The third kappa shape index (κ3) is 4.61. The van der Waals surface area contributed by atoms with E-state index in [1.807, 2.05) is 53.4 Å².